The Morgan fingerprint density at radius 1 is 0.900 bits per heavy atom. The van der Waals surface area contributed by atoms with Crippen LogP contribution in [-0.2, 0) is 0 Å². The molecule has 1 aromatic heterocycles. The number of para-hydroxylation sites is 1. The number of rotatable bonds is 2. The van der Waals surface area contributed by atoms with E-state index in [9.17, 15) is 0 Å². The summed E-state index contributed by atoms with van der Waals surface area (Å²) in [5.74, 6) is 0.560. The normalized spacial score (nSPS) is 11.2. The number of benzene rings is 3. The van der Waals surface area contributed by atoms with Gasteiger partial charge in [0.25, 0.3) is 0 Å². The van der Waals surface area contributed by atoms with E-state index in [2.05, 4.69) is 18.2 Å². The van der Waals surface area contributed by atoms with Crippen molar-refractivity contribution in [3.05, 3.63) is 54.6 Å². The van der Waals surface area contributed by atoms with Crippen LogP contribution >= 0.6 is 0 Å². The molecule has 0 saturated carbocycles. The predicted octanol–water partition coefficient (Wildman–Crippen LogP) is 3.38. The molecule has 1 N–H and O–H groups in total. The summed E-state index contributed by atoms with van der Waals surface area (Å²) in [7, 11) is -0.363. The third-order valence-corrected chi connectivity index (χ3v) is 3.55. The van der Waals surface area contributed by atoms with Crippen LogP contribution in [0.15, 0.2) is 59.0 Å². The summed E-state index contributed by atoms with van der Waals surface area (Å²) in [6.45, 7) is 0. The van der Waals surface area contributed by atoms with Crippen molar-refractivity contribution in [2.45, 2.75) is 0 Å². The lowest BCUT2D eigenvalue weighted by Crippen LogP contribution is -1.99. The van der Waals surface area contributed by atoms with Crippen LogP contribution in [0.3, 0.4) is 0 Å². The molecule has 0 radical (unpaired) electrons. The molecule has 3 nitrogen and oxygen atoms in total. The maximum Gasteiger partial charge on any atom is 0.504 e. The molecule has 0 unspecified atom stereocenters. The lowest BCUT2D eigenvalue weighted by molar-refractivity contribution is 0.451. The smallest absolute Gasteiger partial charge is 0.504 e. The Balaban J connectivity index is 2.13. The highest BCUT2D eigenvalue weighted by Crippen LogP contribution is 2.36. The van der Waals surface area contributed by atoms with Gasteiger partial charge in [0.1, 0.15) is 11.3 Å². The van der Waals surface area contributed by atoms with Crippen molar-refractivity contribution >= 4 is 40.4 Å². The van der Waals surface area contributed by atoms with Gasteiger partial charge >= 0.3 is 7.69 Å². The van der Waals surface area contributed by atoms with E-state index in [4.69, 9.17) is 14.1 Å². The van der Waals surface area contributed by atoms with E-state index in [0.717, 1.165) is 21.7 Å². The molecule has 1 heterocycles. The van der Waals surface area contributed by atoms with Crippen molar-refractivity contribution in [1.29, 1.82) is 0 Å². The number of hydrogen-bond acceptors (Lipinski definition) is 3. The minimum absolute atomic E-state index is 0.363. The average molecular weight is 262 g/mol. The van der Waals surface area contributed by atoms with E-state index < -0.39 is 0 Å². The van der Waals surface area contributed by atoms with Crippen molar-refractivity contribution in [2.24, 2.45) is 0 Å². The number of furan rings is 1. The Labute approximate surface area is 115 Å². The van der Waals surface area contributed by atoms with Crippen molar-refractivity contribution in [2.75, 3.05) is 0 Å². The van der Waals surface area contributed by atoms with Crippen LogP contribution in [-0.4, -0.2) is 12.7 Å². The van der Waals surface area contributed by atoms with Crippen LogP contribution in [0.5, 0.6) is 5.75 Å². The number of hydrogen-bond donors (Lipinski definition) is 1. The van der Waals surface area contributed by atoms with E-state index in [0.29, 0.717) is 11.3 Å². The first-order valence-corrected chi connectivity index (χ1v) is 6.44. The van der Waals surface area contributed by atoms with E-state index in [1.807, 2.05) is 30.3 Å². The molecule has 4 rings (SSSR count). The molecule has 4 heteroatoms. The van der Waals surface area contributed by atoms with E-state index in [-0.39, 0.29) is 7.69 Å². The van der Waals surface area contributed by atoms with E-state index in [1.165, 1.54) is 5.39 Å². The zero-order valence-electron chi connectivity index (χ0n) is 10.7. The molecule has 0 aliphatic rings. The summed E-state index contributed by atoms with van der Waals surface area (Å²) in [5.41, 5.74) is 1.50. The van der Waals surface area contributed by atoms with Gasteiger partial charge in [-0.25, -0.2) is 0 Å². The van der Waals surface area contributed by atoms with Crippen molar-refractivity contribution in [1.82, 2.24) is 0 Å². The second-order valence-corrected chi connectivity index (χ2v) is 4.70. The second-order valence-electron chi connectivity index (χ2n) is 4.70. The monoisotopic (exact) mass is 262 g/mol. The second kappa shape index (κ2) is 4.29. The minimum Gasteiger partial charge on any atom is -0.536 e. The molecule has 0 fully saturated rings. The van der Waals surface area contributed by atoms with Gasteiger partial charge in [0.15, 0.2) is 5.58 Å². The van der Waals surface area contributed by atoms with Gasteiger partial charge in [-0.2, -0.15) is 0 Å². The molecular weight excluding hydrogens is 251 g/mol. The molecule has 0 atom stereocenters. The van der Waals surface area contributed by atoms with Gasteiger partial charge in [0, 0.05) is 10.8 Å². The van der Waals surface area contributed by atoms with Gasteiger partial charge in [-0.1, -0.05) is 36.4 Å². The molecule has 0 spiro atoms. The van der Waals surface area contributed by atoms with Crippen molar-refractivity contribution in [3.63, 3.8) is 0 Å². The fourth-order valence-electron chi connectivity index (χ4n) is 2.64. The quantitative estimate of drug-likeness (QED) is 0.563. The third-order valence-electron chi connectivity index (χ3n) is 3.55. The van der Waals surface area contributed by atoms with Crippen LogP contribution in [0.25, 0.3) is 32.7 Å². The van der Waals surface area contributed by atoms with E-state index in [1.54, 1.807) is 6.07 Å². The topological polar surface area (TPSA) is 42.6 Å². The Bertz CT molecular complexity index is 927. The first kappa shape index (κ1) is 11.4. The summed E-state index contributed by atoms with van der Waals surface area (Å²) in [6, 6.07) is 18.0. The molecule has 0 bridgehead atoms. The molecule has 0 saturated heterocycles. The lowest BCUT2D eigenvalue weighted by Gasteiger charge is -2.01. The molecular formula is C16H11BO3. The lowest BCUT2D eigenvalue weighted by atomic mass is 10.1. The third kappa shape index (κ3) is 1.59. The summed E-state index contributed by atoms with van der Waals surface area (Å²) < 4.78 is 11.1. The van der Waals surface area contributed by atoms with E-state index >= 15 is 0 Å². The van der Waals surface area contributed by atoms with Gasteiger partial charge in [-0.15, -0.1) is 0 Å². The maximum absolute atomic E-state index is 8.94. The Morgan fingerprint density at radius 2 is 1.70 bits per heavy atom. The van der Waals surface area contributed by atoms with Crippen LogP contribution < -0.4 is 4.65 Å². The molecule has 0 amide bonds. The maximum atomic E-state index is 8.94. The van der Waals surface area contributed by atoms with Crippen LogP contribution in [0.2, 0.25) is 0 Å². The SMILES string of the molecule is OBOc1cccc2c1oc1cc3ccccc3cc12. The largest absolute Gasteiger partial charge is 0.536 e. The molecule has 4 aromatic rings. The Hall–Kier alpha value is -2.46. The summed E-state index contributed by atoms with van der Waals surface area (Å²) in [4.78, 5) is 0. The fourth-order valence-corrected chi connectivity index (χ4v) is 2.64. The average Bonchev–Trinajstić information content (AvgIpc) is 2.84. The summed E-state index contributed by atoms with van der Waals surface area (Å²) in [6.07, 6.45) is 0. The molecule has 96 valence electrons. The Morgan fingerprint density at radius 3 is 2.50 bits per heavy atom. The molecule has 20 heavy (non-hydrogen) atoms. The predicted molar refractivity (Wildman–Crippen MR) is 81.2 cm³/mol. The van der Waals surface area contributed by atoms with Crippen LogP contribution in [0, 0.1) is 0 Å². The van der Waals surface area contributed by atoms with Crippen molar-refractivity contribution < 1.29 is 14.1 Å². The highest BCUT2D eigenvalue weighted by atomic mass is 16.5. The molecule has 3 aromatic carbocycles. The number of fused-ring (bicyclic) bond motifs is 4. The standard InChI is InChI=1S/C16H11BO3/c18-17-20-14-7-3-6-12-13-8-10-4-1-2-5-11(10)9-15(13)19-16(12)14/h1-9,17-18H. The van der Waals surface area contributed by atoms with Gasteiger partial charge in [-0.05, 0) is 29.0 Å². The van der Waals surface area contributed by atoms with Gasteiger partial charge in [-0.3, -0.25) is 0 Å². The zero-order valence-corrected chi connectivity index (χ0v) is 10.7. The van der Waals surface area contributed by atoms with Crippen LogP contribution in [0.1, 0.15) is 0 Å². The fraction of sp³-hybridized carbons (Fsp3) is 0. The molecule has 0 aliphatic heterocycles. The zero-order chi connectivity index (χ0) is 13.5. The first-order valence-electron chi connectivity index (χ1n) is 6.44. The molecule has 0 aliphatic carbocycles. The highest BCUT2D eigenvalue weighted by Gasteiger charge is 2.12. The highest BCUT2D eigenvalue weighted by molar-refractivity contribution is 6.18. The summed E-state index contributed by atoms with van der Waals surface area (Å²) >= 11 is 0. The summed E-state index contributed by atoms with van der Waals surface area (Å²) in [5, 5.41) is 13.3. The van der Waals surface area contributed by atoms with Crippen LogP contribution in [0.4, 0.5) is 0 Å². The van der Waals surface area contributed by atoms with Crippen molar-refractivity contribution in [3.8, 4) is 5.75 Å². The van der Waals surface area contributed by atoms with Gasteiger partial charge in [0.2, 0.25) is 0 Å². The first-order chi connectivity index (χ1) is 9.86. The Kier molecular flexibility index (Phi) is 2.44. The minimum atomic E-state index is -0.363. The van der Waals surface area contributed by atoms with Gasteiger partial charge < -0.3 is 14.1 Å². The van der Waals surface area contributed by atoms with Gasteiger partial charge in [0.05, 0.1) is 0 Å².